The lowest BCUT2D eigenvalue weighted by molar-refractivity contribution is -0.145. The van der Waals surface area contributed by atoms with Crippen LogP contribution in [0.4, 0.5) is 0 Å². The average Bonchev–Trinajstić information content (AvgIpc) is 2.92. The predicted octanol–water partition coefficient (Wildman–Crippen LogP) is 0.400. The first-order chi connectivity index (χ1) is 7.54. The van der Waals surface area contributed by atoms with E-state index in [4.69, 9.17) is 15.6 Å². The van der Waals surface area contributed by atoms with Crippen molar-refractivity contribution in [1.82, 2.24) is 0 Å². The third kappa shape index (κ3) is 2.41. The van der Waals surface area contributed by atoms with E-state index in [1.807, 2.05) is 0 Å². The van der Waals surface area contributed by atoms with Crippen LogP contribution in [0.15, 0.2) is 12.7 Å². The first-order valence-corrected chi connectivity index (χ1v) is 5.30. The molecule has 0 heterocycles. The normalized spacial score (nSPS) is 29.2. The Balaban J connectivity index is 2.66. The fourth-order valence-corrected chi connectivity index (χ4v) is 2.12. The molecule has 90 valence electrons. The van der Waals surface area contributed by atoms with Crippen LogP contribution in [-0.2, 0) is 14.3 Å². The molecule has 1 aliphatic rings. The highest BCUT2D eigenvalue weighted by atomic mass is 16.5. The highest BCUT2D eigenvalue weighted by molar-refractivity contribution is 5.81. The number of carbonyl (C=O) groups excluding carboxylic acids is 1. The molecule has 0 aliphatic heterocycles. The number of rotatable bonds is 6. The van der Waals surface area contributed by atoms with Crippen LogP contribution in [0.1, 0.15) is 13.3 Å². The summed E-state index contributed by atoms with van der Waals surface area (Å²) in [6.07, 6.45) is 2.26. The summed E-state index contributed by atoms with van der Waals surface area (Å²) in [6, 6.07) is -1.00. The van der Waals surface area contributed by atoms with E-state index in [2.05, 4.69) is 6.58 Å². The summed E-state index contributed by atoms with van der Waals surface area (Å²) in [6.45, 7) is 5.59. The molecule has 1 saturated carbocycles. The van der Waals surface area contributed by atoms with Crippen LogP contribution in [-0.4, -0.2) is 29.7 Å². The number of ether oxygens (including phenoxy) is 1. The maximum atomic E-state index is 11.5. The molecule has 0 unspecified atom stereocenters. The molecule has 0 radical (unpaired) electrons. The number of aliphatic carboxylic acids is 1. The molecular formula is C11H17NO4. The van der Waals surface area contributed by atoms with Crippen LogP contribution in [0.25, 0.3) is 0 Å². The van der Waals surface area contributed by atoms with E-state index < -0.39 is 12.0 Å². The highest BCUT2D eigenvalue weighted by Crippen LogP contribution is 2.51. The zero-order chi connectivity index (χ0) is 12.3. The van der Waals surface area contributed by atoms with E-state index in [0.717, 1.165) is 0 Å². The van der Waals surface area contributed by atoms with Gasteiger partial charge in [0, 0.05) is 5.92 Å². The SMILES string of the molecule is C=CC[C@@H]1[C@H](C(=O)OCC)[C@H]1[C@H](N)C(=O)O. The van der Waals surface area contributed by atoms with Gasteiger partial charge < -0.3 is 15.6 Å². The zero-order valence-electron chi connectivity index (χ0n) is 9.26. The van der Waals surface area contributed by atoms with Gasteiger partial charge in [-0.1, -0.05) is 6.08 Å². The standard InChI is InChI=1S/C11H17NO4/c1-3-5-6-7(9(12)10(13)14)8(6)11(15)16-4-2/h3,6-9H,1,4-5,12H2,2H3,(H,13,14)/t6-,7-,8-,9-/m0/s1. The predicted molar refractivity (Wildman–Crippen MR) is 57.5 cm³/mol. The van der Waals surface area contributed by atoms with Gasteiger partial charge in [0.25, 0.3) is 0 Å². The Labute approximate surface area is 94.3 Å². The number of carboxylic acids is 1. The molecule has 0 amide bonds. The molecule has 0 bridgehead atoms. The Bertz CT molecular complexity index is 302. The van der Waals surface area contributed by atoms with Crippen LogP contribution in [0.2, 0.25) is 0 Å². The van der Waals surface area contributed by atoms with Gasteiger partial charge in [-0.3, -0.25) is 9.59 Å². The van der Waals surface area contributed by atoms with Crippen molar-refractivity contribution < 1.29 is 19.4 Å². The van der Waals surface area contributed by atoms with E-state index in [-0.39, 0.29) is 23.7 Å². The van der Waals surface area contributed by atoms with Crippen molar-refractivity contribution >= 4 is 11.9 Å². The number of nitrogens with two attached hydrogens (primary N) is 1. The summed E-state index contributed by atoms with van der Waals surface area (Å²) in [7, 11) is 0. The fraction of sp³-hybridized carbons (Fsp3) is 0.636. The second-order valence-electron chi connectivity index (χ2n) is 3.91. The van der Waals surface area contributed by atoms with Crippen molar-refractivity contribution in [2.75, 3.05) is 6.61 Å². The molecule has 0 aromatic heterocycles. The lowest BCUT2D eigenvalue weighted by atomic mass is 10.1. The number of hydrogen-bond donors (Lipinski definition) is 2. The largest absolute Gasteiger partial charge is 0.480 e. The zero-order valence-corrected chi connectivity index (χ0v) is 9.26. The van der Waals surface area contributed by atoms with Gasteiger partial charge in [0.1, 0.15) is 6.04 Å². The minimum atomic E-state index is -1.08. The fourth-order valence-electron chi connectivity index (χ4n) is 2.12. The third-order valence-electron chi connectivity index (χ3n) is 2.93. The quantitative estimate of drug-likeness (QED) is 0.506. The van der Waals surface area contributed by atoms with Gasteiger partial charge >= 0.3 is 11.9 Å². The number of esters is 1. The van der Waals surface area contributed by atoms with Crippen LogP contribution in [0.5, 0.6) is 0 Å². The molecule has 3 N–H and O–H groups in total. The molecular weight excluding hydrogens is 210 g/mol. The van der Waals surface area contributed by atoms with Crippen molar-refractivity contribution in [3.8, 4) is 0 Å². The number of allylic oxidation sites excluding steroid dienone is 1. The number of carbonyl (C=O) groups is 2. The minimum Gasteiger partial charge on any atom is -0.480 e. The third-order valence-corrected chi connectivity index (χ3v) is 2.93. The minimum absolute atomic E-state index is 0.0392. The summed E-state index contributed by atoms with van der Waals surface area (Å²) in [5, 5.41) is 8.80. The van der Waals surface area contributed by atoms with Crippen molar-refractivity contribution in [2.45, 2.75) is 19.4 Å². The van der Waals surface area contributed by atoms with Gasteiger partial charge in [-0.15, -0.1) is 6.58 Å². The average molecular weight is 227 g/mol. The highest BCUT2D eigenvalue weighted by Gasteiger charge is 2.59. The Hall–Kier alpha value is -1.36. The number of carboxylic acid groups (broad SMARTS) is 1. The lowest BCUT2D eigenvalue weighted by Crippen LogP contribution is -2.34. The smallest absolute Gasteiger partial charge is 0.320 e. The monoisotopic (exact) mass is 227 g/mol. The van der Waals surface area contributed by atoms with Gasteiger partial charge in [0.15, 0.2) is 0 Å². The topological polar surface area (TPSA) is 89.6 Å². The lowest BCUT2D eigenvalue weighted by Gasteiger charge is -2.04. The molecule has 4 atom stereocenters. The first kappa shape index (κ1) is 12.7. The second-order valence-corrected chi connectivity index (χ2v) is 3.91. The molecule has 16 heavy (non-hydrogen) atoms. The molecule has 0 aromatic carbocycles. The summed E-state index contributed by atoms with van der Waals surface area (Å²) in [5.41, 5.74) is 5.53. The molecule has 5 heteroatoms. The first-order valence-electron chi connectivity index (χ1n) is 5.30. The van der Waals surface area contributed by atoms with E-state index in [0.29, 0.717) is 13.0 Å². The summed E-state index contributed by atoms with van der Waals surface area (Å²) < 4.78 is 4.88. The van der Waals surface area contributed by atoms with Crippen LogP contribution < -0.4 is 5.73 Å². The van der Waals surface area contributed by atoms with Gasteiger partial charge in [0.05, 0.1) is 12.5 Å². The van der Waals surface area contributed by atoms with Crippen LogP contribution in [0, 0.1) is 17.8 Å². The van der Waals surface area contributed by atoms with Gasteiger partial charge in [-0.25, -0.2) is 0 Å². The van der Waals surface area contributed by atoms with Crippen molar-refractivity contribution in [1.29, 1.82) is 0 Å². The Morgan fingerprint density at radius 2 is 2.25 bits per heavy atom. The Morgan fingerprint density at radius 1 is 1.62 bits per heavy atom. The molecule has 1 rings (SSSR count). The summed E-state index contributed by atoms with van der Waals surface area (Å²) in [4.78, 5) is 22.3. The van der Waals surface area contributed by atoms with Gasteiger partial charge in [0.2, 0.25) is 0 Å². The molecule has 1 fully saturated rings. The van der Waals surface area contributed by atoms with Crippen LogP contribution in [0.3, 0.4) is 0 Å². The molecule has 0 spiro atoms. The van der Waals surface area contributed by atoms with E-state index in [1.165, 1.54) is 0 Å². The van der Waals surface area contributed by atoms with E-state index in [9.17, 15) is 9.59 Å². The van der Waals surface area contributed by atoms with Crippen LogP contribution >= 0.6 is 0 Å². The van der Waals surface area contributed by atoms with Gasteiger partial charge in [-0.05, 0) is 19.3 Å². The molecule has 0 saturated heterocycles. The maximum absolute atomic E-state index is 11.5. The molecule has 0 aromatic rings. The maximum Gasteiger partial charge on any atom is 0.320 e. The van der Waals surface area contributed by atoms with Crippen molar-refractivity contribution in [2.24, 2.45) is 23.5 Å². The second kappa shape index (κ2) is 5.12. The summed E-state index contributed by atoms with van der Waals surface area (Å²) in [5.74, 6) is -2.18. The Morgan fingerprint density at radius 3 is 2.69 bits per heavy atom. The van der Waals surface area contributed by atoms with E-state index in [1.54, 1.807) is 13.0 Å². The molecule has 5 nitrogen and oxygen atoms in total. The van der Waals surface area contributed by atoms with Crippen molar-refractivity contribution in [3.63, 3.8) is 0 Å². The Kier molecular flexibility index (Phi) is 4.06. The summed E-state index contributed by atoms with van der Waals surface area (Å²) >= 11 is 0. The van der Waals surface area contributed by atoms with Crippen molar-refractivity contribution in [3.05, 3.63) is 12.7 Å². The van der Waals surface area contributed by atoms with E-state index >= 15 is 0 Å². The van der Waals surface area contributed by atoms with Gasteiger partial charge in [-0.2, -0.15) is 0 Å². The molecule has 1 aliphatic carbocycles. The number of hydrogen-bond acceptors (Lipinski definition) is 4.